The molecule has 1 aliphatic rings. The minimum Gasteiger partial charge on any atom is -0.493 e. The van der Waals surface area contributed by atoms with Crippen LogP contribution in [-0.2, 0) is 6.42 Å². The highest BCUT2D eigenvalue weighted by molar-refractivity contribution is 5.55. The Morgan fingerprint density at radius 3 is 3.13 bits per heavy atom. The number of hydrogen-bond acceptors (Lipinski definition) is 3. The van der Waals surface area contributed by atoms with E-state index in [0.717, 1.165) is 23.3 Å². The van der Waals surface area contributed by atoms with Crippen LogP contribution in [0, 0.1) is 10.1 Å². The predicted molar refractivity (Wildman–Crippen MR) is 56.3 cm³/mol. The number of fused-ring (bicyclic) bond motifs is 1. The molecular weight excluding hydrogens is 194 g/mol. The molecule has 0 N–H and O–H groups in total. The van der Waals surface area contributed by atoms with Crippen molar-refractivity contribution in [3.05, 3.63) is 45.1 Å². The second-order valence-electron chi connectivity index (χ2n) is 3.51. The summed E-state index contributed by atoms with van der Waals surface area (Å²) in [6, 6.07) is 5.63. The molecule has 4 nitrogen and oxygen atoms in total. The SMILES string of the molecule is C/C(=C\c1ccc2c(c1)CCO2)[N+](=O)[O-]. The maximum atomic E-state index is 10.4. The van der Waals surface area contributed by atoms with E-state index in [4.69, 9.17) is 4.74 Å². The van der Waals surface area contributed by atoms with E-state index in [1.165, 1.54) is 6.92 Å². The first kappa shape index (κ1) is 9.71. The van der Waals surface area contributed by atoms with Gasteiger partial charge >= 0.3 is 0 Å². The summed E-state index contributed by atoms with van der Waals surface area (Å²) in [5.41, 5.74) is 2.13. The van der Waals surface area contributed by atoms with Crippen molar-refractivity contribution >= 4 is 6.08 Å². The van der Waals surface area contributed by atoms with Crippen molar-refractivity contribution in [1.29, 1.82) is 0 Å². The molecule has 78 valence electrons. The van der Waals surface area contributed by atoms with Gasteiger partial charge in [-0.2, -0.15) is 0 Å². The fourth-order valence-electron chi connectivity index (χ4n) is 1.59. The van der Waals surface area contributed by atoms with E-state index in [1.54, 1.807) is 6.08 Å². The molecule has 0 saturated carbocycles. The van der Waals surface area contributed by atoms with E-state index < -0.39 is 0 Å². The van der Waals surface area contributed by atoms with Gasteiger partial charge in [0.2, 0.25) is 5.70 Å². The van der Waals surface area contributed by atoms with Crippen molar-refractivity contribution in [2.75, 3.05) is 6.61 Å². The maximum absolute atomic E-state index is 10.4. The third-order valence-corrected chi connectivity index (χ3v) is 2.38. The Morgan fingerprint density at radius 2 is 2.40 bits per heavy atom. The highest BCUT2D eigenvalue weighted by Crippen LogP contribution is 2.26. The molecule has 0 unspecified atom stereocenters. The largest absolute Gasteiger partial charge is 0.493 e. The average molecular weight is 205 g/mol. The van der Waals surface area contributed by atoms with Crippen LogP contribution < -0.4 is 4.74 Å². The van der Waals surface area contributed by atoms with Crippen LogP contribution in [0.4, 0.5) is 0 Å². The third-order valence-electron chi connectivity index (χ3n) is 2.38. The van der Waals surface area contributed by atoms with Gasteiger partial charge in [0, 0.05) is 19.4 Å². The Hall–Kier alpha value is -1.84. The van der Waals surface area contributed by atoms with Gasteiger partial charge in [-0.1, -0.05) is 6.07 Å². The number of allylic oxidation sites excluding steroid dienone is 1. The van der Waals surface area contributed by atoms with Crippen LogP contribution in [0.5, 0.6) is 5.75 Å². The summed E-state index contributed by atoms with van der Waals surface area (Å²) >= 11 is 0. The first-order valence-corrected chi connectivity index (χ1v) is 4.75. The molecule has 2 rings (SSSR count). The lowest BCUT2D eigenvalue weighted by atomic mass is 10.1. The number of benzene rings is 1. The molecular formula is C11H11NO3. The third kappa shape index (κ3) is 1.98. The second kappa shape index (κ2) is 3.73. The fourth-order valence-corrected chi connectivity index (χ4v) is 1.59. The van der Waals surface area contributed by atoms with Gasteiger partial charge < -0.3 is 4.74 Å². The van der Waals surface area contributed by atoms with Gasteiger partial charge in [0.25, 0.3) is 0 Å². The molecule has 0 amide bonds. The molecule has 0 saturated heterocycles. The average Bonchev–Trinajstić information content (AvgIpc) is 2.64. The normalized spacial score (nSPS) is 14.6. The Kier molecular flexibility index (Phi) is 2.41. The van der Waals surface area contributed by atoms with Crippen molar-refractivity contribution in [3.8, 4) is 5.75 Å². The monoisotopic (exact) mass is 205 g/mol. The fraction of sp³-hybridized carbons (Fsp3) is 0.273. The van der Waals surface area contributed by atoms with Crippen molar-refractivity contribution in [1.82, 2.24) is 0 Å². The van der Waals surface area contributed by atoms with Crippen molar-refractivity contribution in [3.63, 3.8) is 0 Å². The number of ether oxygens (including phenoxy) is 1. The summed E-state index contributed by atoms with van der Waals surface area (Å²) in [5.74, 6) is 0.894. The summed E-state index contributed by atoms with van der Waals surface area (Å²) in [6.45, 7) is 2.19. The molecule has 1 heterocycles. The van der Waals surface area contributed by atoms with Gasteiger partial charge in [-0.05, 0) is 23.3 Å². The zero-order valence-electron chi connectivity index (χ0n) is 8.40. The van der Waals surface area contributed by atoms with Gasteiger partial charge in [-0.25, -0.2) is 0 Å². The summed E-state index contributed by atoms with van der Waals surface area (Å²) < 4.78 is 5.35. The van der Waals surface area contributed by atoms with Crippen LogP contribution in [0.3, 0.4) is 0 Å². The highest BCUT2D eigenvalue weighted by Gasteiger charge is 2.12. The molecule has 1 aliphatic heterocycles. The van der Waals surface area contributed by atoms with Gasteiger partial charge in [-0.3, -0.25) is 10.1 Å². The summed E-state index contributed by atoms with van der Waals surface area (Å²) in [5, 5.41) is 10.4. The lowest BCUT2D eigenvalue weighted by Gasteiger charge is -1.99. The van der Waals surface area contributed by atoms with E-state index in [-0.39, 0.29) is 10.6 Å². The Bertz CT molecular complexity index is 437. The van der Waals surface area contributed by atoms with Crippen LogP contribution in [0.1, 0.15) is 18.1 Å². The van der Waals surface area contributed by atoms with Crippen LogP contribution in [-0.4, -0.2) is 11.5 Å². The summed E-state index contributed by atoms with van der Waals surface area (Å²) in [6.07, 6.45) is 2.45. The second-order valence-corrected chi connectivity index (χ2v) is 3.51. The van der Waals surface area contributed by atoms with Crippen LogP contribution >= 0.6 is 0 Å². The first-order valence-electron chi connectivity index (χ1n) is 4.75. The molecule has 0 aliphatic carbocycles. The van der Waals surface area contributed by atoms with Gasteiger partial charge in [0.15, 0.2) is 0 Å². The Morgan fingerprint density at radius 1 is 1.60 bits per heavy atom. The minimum atomic E-state index is -0.385. The van der Waals surface area contributed by atoms with E-state index in [1.807, 2.05) is 18.2 Å². The summed E-state index contributed by atoms with van der Waals surface area (Å²) in [7, 11) is 0. The lowest BCUT2D eigenvalue weighted by Crippen LogP contribution is -1.93. The number of rotatable bonds is 2. The number of nitrogens with zero attached hydrogens (tertiary/aromatic N) is 1. The molecule has 0 fully saturated rings. The van der Waals surface area contributed by atoms with Crippen LogP contribution in [0.2, 0.25) is 0 Å². The minimum absolute atomic E-state index is 0.147. The quantitative estimate of drug-likeness (QED) is 0.549. The molecule has 15 heavy (non-hydrogen) atoms. The van der Waals surface area contributed by atoms with Gasteiger partial charge in [0.1, 0.15) is 5.75 Å². The molecule has 0 bridgehead atoms. The van der Waals surface area contributed by atoms with Crippen molar-refractivity contribution in [2.45, 2.75) is 13.3 Å². The highest BCUT2D eigenvalue weighted by atomic mass is 16.6. The maximum Gasteiger partial charge on any atom is 0.243 e. The Labute approximate surface area is 87.3 Å². The number of hydrogen-bond donors (Lipinski definition) is 0. The topological polar surface area (TPSA) is 52.4 Å². The van der Waals surface area contributed by atoms with E-state index in [0.29, 0.717) is 6.61 Å². The molecule has 1 aromatic carbocycles. The zero-order chi connectivity index (χ0) is 10.8. The molecule has 0 aromatic heterocycles. The van der Waals surface area contributed by atoms with Crippen LogP contribution in [0.15, 0.2) is 23.9 Å². The molecule has 0 spiro atoms. The zero-order valence-corrected chi connectivity index (χ0v) is 8.40. The van der Waals surface area contributed by atoms with Crippen LogP contribution in [0.25, 0.3) is 6.08 Å². The molecule has 0 atom stereocenters. The predicted octanol–water partition coefficient (Wildman–Crippen LogP) is 2.26. The lowest BCUT2D eigenvalue weighted by molar-refractivity contribution is -0.422. The molecule has 1 aromatic rings. The smallest absolute Gasteiger partial charge is 0.243 e. The van der Waals surface area contributed by atoms with E-state index in [9.17, 15) is 10.1 Å². The number of nitro groups is 1. The van der Waals surface area contributed by atoms with E-state index >= 15 is 0 Å². The van der Waals surface area contributed by atoms with Crippen molar-refractivity contribution in [2.24, 2.45) is 0 Å². The standard InChI is InChI=1S/C11H11NO3/c1-8(12(13)14)6-9-2-3-11-10(7-9)4-5-15-11/h2-3,6-7H,4-5H2,1H3/b8-6+. The first-order chi connectivity index (χ1) is 7.16. The molecule has 0 radical (unpaired) electrons. The Balaban J connectivity index is 2.31. The van der Waals surface area contributed by atoms with Gasteiger partial charge in [-0.15, -0.1) is 0 Å². The van der Waals surface area contributed by atoms with Crippen molar-refractivity contribution < 1.29 is 9.66 Å². The van der Waals surface area contributed by atoms with Gasteiger partial charge in [0.05, 0.1) is 11.5 Å². The molecule has 4 heteroatoms. The summed E-state index contributed by atoms with van der Waals surface area (Å²) in [4.78, 5) is 10.1. The van der Waals surface area contributed by atoms with E-state index in [2.05, 4.69) is 0 Å².